The third-order valence-corrected chi connectivity index (χ3v) is 7.74. The molecule has 48 heavy (non-hydrogen) atoms. The molecule has 0 bridgehead atoms. The maximum absolute atomic E-state index is 13.1. The quantitative estimate of drug-likeness (QED) is 0.181. The SMILES string of the molecule is CN1C=CN(c2[c-]c(N3C=CN(C)[CH-]3)cc(C(F)(F)F)c2)[CH-]1.Cc1cc(-c2nc(-n3c4[c-]cccc4c4ccccc43)cn2C)[n-]n1.[Ir]. The molecule has 3 aromatic heterocycles. The summed E-state index contributed by atoms with van der Waals surface area (Å²) in [5.41, 5.74) is 3.79. The van der Waals surface area contributed by atoms with Crippen molar-refractivity contribution in [1.82, 2.24) is 34.1 Å². The van der Waals surface area contributed by atoms with Crippen LogP contribution < -0.4 is 14.9 Å². The van der Waals surface area contributed by atoms with Crippen molar-refractivity contribution < 1.29 is 33.3 Å². The Bertz CT molecular complexity index is 2040. The zero-order valence-electron chi connectivity index (χ0n) is 26.3. The normalized spacial score (nSPS) is 14.3. The van der Waals surface area contributed by atoms with E-state index in [9.17, 15) is 13.2 Å². The van der Waals surface area contributed by atoms with Crippen LogP contribution in [0.15, 0.2) is 91.7 Å². The second-order valence-electron chi connectivity index (χ2n) is 11.3. The van der Waals surface area contributed by atoms with Crippen LogP contribution >= 0.6 is 0 Å². The smallest absolute Gasteiger partial charge is 0.394 e. The van der Waals surface area contributed by atoms with Gasteiger partial charge in [-0.3, -0.25) is 0 Å². The van der Waals surface area contributed by atoms with Gasteiger partial charge in [0.15, 0.2) is 5.82 Å². The average Bonchev–Trinajstić information content (AvgIpc) is 3.88. The summed E-state index contributed by atoms with van der Waals surface area (Å²) in [6.07, 6.45) is 4.49. The summed E-state index contributed by atoms with van der Waals surface area (Å²) in [5.74, 6) is 1.66. The Hall–Kier alpha value is -5.00. The predicted molar refractivity (Wildman–Crippen MR) is 175 cm³/mol. The van der Waals surface area contributed by atoms with Crippen LogP contribution in [0, 0.1) is 32.4 Å². The number of hydrogen-bond donors (Lipinski definition) is 0. The third-order valence-electron chi connectivity index (χ3n) is 7.74. The molecule has 0 unspecified atom stereocenters. The second kappa shape index (κ2) is 12.9. The number of anilines is 2. The molecule has 5 heterocycles. The average molecular weight is 825 g/mol. The van der Waals surface area contributed by atoms with Crippen LogP contribution in [0.1, 0.15) is 11.3 Å². The van der Waals surface area contributed by atoms with E-state index in [-0.39, 0.29) is 20.1 Å². The molecule has 13 heteroatoms. The van der Waals surface area contributed by atoms with E-state index in [4.69, 9.17) is 4.98 Å². The Morgan fingerprint density at radius 3 is 2.06 bits per heavy atom. The first-order valence-corrected chi connectivity index (χ1v) is 14.7. The number of para-hydroxylation sites is 2. The second-order valence-corrected chi connectivity index (χ2v) is 11.3. The van der Waals surface area contributed by atoms with Crippen LogP contribution in [0.4, 0.5) is 24.5 Å². The van der Waals surface area contributed by atoms with Gasteiger partial charge in [-0.05, 0) is 57.3 Å². The summed E-state index contributed by atoms with van der Waals surface area (Å²) < 4.78 is 43.6. The summed E-state index contributed by atoms with van der Waals surface area (Å²) in [6.45, 7) is 5.30. The number of fused-ring (bicyclic) bond motifs is 3. The van der Waals surface area contributed by atoms with Crippen LogP contribution in [0.25, 0.3) is 39.1 Å². The minimum absolute atomic E-state index is 0. The van der Waals surface area contributed by atoms with E-state index in [0.29, 0.717) is 11.4 Å². The van der Waals surface area contributed by atoms with Gasteiger partial charge < -0.3 is 38.9 Å². The van der Waals surface area contributed by atoms with Gasteiger partial charge in [-0.2, -0.15) is 50.8 Å². The molecule has 0 atom stereocenters. The minimum Gasteiger partial charge on any atom is -0.572 e. The molecule has 0 fully saturated rings. The monoisotopic (exact) mass is 825 g/mol. The molecule has 0 saturated heterocycles. The van der Waals surface area contributed by atoms with Gasteiger partial charge in [0.2, 0.25) is 0 Å². The van der Waals surface area contributed by atoms with Crippen molar-refractivity contribution in [2.45, 2.75) is 13.1 Å². The zero-order chi connectivity index (χ0) is 32.9. The fourth-order valence-corrected chi connectivity index (χ4v) is 5.55. The molecule has 0 amide bonds. The van der Waals surface area contributed by atoms with Gasteiger partial charge in [0.25, 0.3) is 0 Å². The number of rotatable bonds is 4. The number of halogens is 3. The van der Waals surface area contributed by atoms with Crippen LogP contribution in [0.5, 0.6) is 0 Å². The first-order valence-electron chi connectivity index (χ1n) is 14.7. The number of hydrogen-bond acceptors (Lipinski definition) is 6. The van der Waals surface area contributed by atoms with E-state index in [1.807, 2.05) is 49.0 Å². The Balaban J connectivity index is 0.000000165. The number of nitrogens with zero attached hydrogens (tertiary/aromatic N) is 9. The van der Waals surface area contributed by atoms with Crippen LogP contribution in [0.2, 0.25) is 0 Å². The molecule has 9 nitrogen and oxygen atoms in total. The molecule has 3 aromatic carbocycles. The first-order chi connectivity index (χ1) is 22.5. The van der Waals surface area contributed by atoms with Crippen molar-refractivity contribution in [3.8, 4) is 17.3 Å². The van der Waals surface area contributed by atoms with Crippen molar-refractivity contribution in [3.05, 3.63) is 128 Å². The molecule has 1 radical (unpaired) electrons. The third kappa shape index (κ3) is 6.31. The molecule has 8 rings (SSSR count). The van der Waals surface area contributed by atoms with Gasteiger partial charge in [0.1, 0.15) is 5.82 Å². The first kappa shape index (κ1) is 32.9. The minimum atomic E-state index is -4.41. The standard InChI is InChI=1S/C20H15N5.C15H14F3N4.Ir/c1-13-11-16(23-22-13)20-21-19(12-24(20)2)25-17-9-5-3-7-14(17)15-8-4-6-10-18(15)25;1-19-3-5-21(10-19)13-7-12(15(16,17)18)8-14(9-13)22-6-4-20(2)11-22;/h3-9,11-12H,1-2H3;3-8,10-11H,1-2H3;/q-2;-3;. The van der Waals surface area contributed by atoms with Crippen LogP contribution in [-0.2, 0) is 33.3 Å². The van der Waals surface area contributed by atoms with Gasteiger partial charge in [-0.15, -0.1) is 35.0 Å². The zero-order valence-corrected chi connectivity index (χ0v) is 28.7. The largest absolute Gasteiger partial charge is 0.572 e. The van der Waals surface area contributed by atoms with Gasteiger partial charge >= 0.3 is 6.18 Å². The molecule has 0 N–H and O–H groups in total. The van der Waals surface area contributed by atoms with Crippen LogP contribution in [-0.4, -0.2) is 43.1 Å². The molecule has 2 aliphatic rings. The van der Waals surface area contributed by atoms with Crippen molar-refractivity contribution >= 4 is 33.2 Å². The van der Waals surface area contributed by atoms with Gasteiger partial charge in [0, 0.05) is 44.6 Å². The number of alkyl halides is 3. The van der Waals surface area contributed by atoms with E-state index in [0.717, 1.165) is 46.2 Å². The van der Waals surface area contributed by atoms with E-state index < -0.39 is 11.7 Å². The molecule has 0 spiro atoms. The Morgan fingerprint density at radius 2 is 1.48 bits per heavy atom. The summed E-state index contributed by atoms with van der Waals surface area (Å²) in [4.78, 5) is 11.5. The molecule has 249 valence electrons. The van der Waals surface area contributed by atoms with E-state index >= 15 is 0 Å². The van der Waals surface area contributed by atoms with E-state index in [1.165, 1.54) is 10.8 Å². The topological polar surface area (TPSA) is 62.7 Å². The number of benzene rings is 3. The fourth-order valence-electron chi connectivity index (χ4n) is 5.55. The van der Waals surface area contributed by atoms with Gasteiger partial charge in [0.05, 0.1) is 0 Å². The fraction of sp³-hybridized carbons (Fsp3) is 0.143. The van der Waals surface area contributed by atoms with Crippen LogP contribution in [0.3, 0.4) is 0 Å². The van der Waals surface area contributed by atoms with Crippen molar-refractivity contribution in [2.75, 3.05) is 23.9 Å². The number of aryl methyl sites for hydroxylation is 2. The van der Waals surface area contributed by atoms with Crippen molar-refractivity contribution in [2.24, 2.45) is 7.05 Å². The summed E-state index contributed by atoms with van der Waals surface area (Å²) >= 11 is 0. The van der Waals surface area contributed by atoms with E-state index in [2.05, 4.69) is 51.2 Å². The summed E-state index contributed by atoms with van der Waals surface area (Å²) in [5, 5.41) is 10.7. The number of imidazole rings is 1. The maximum atomic E-state index is 13.1. The molecule has 6 aromatic rings. The van der Waals surface area contributed by atoms with Gasteiger partial charge in [-0.1, -0.05) is 41.0 Å². The molecular weight excluding hydrogens is 796 g/mol. The predicted octanol–water partition coefficient (Wildman–Crippen LogP) is 6.83. The molecular formula is C35H29F3IrN9-5. The van der Waals surface area contributed by atoms with Crippen molar-refractivity contribution in [3.63, 3.8) is 0 Å². The number of aromatic nitrogens is 5. The molecule has 0 aliphatic carbocycles. The van der Waals surface area contributed by atoms with Crippen molar-refractivity contribution in [1.29, 1.82) is 0 Å². The maximum Gasteiger partial charge on any atom is 0.394 e. The van der Waals surface area contributed by atoms with E-state index in [1.54, 1.807) is 71.8 Å². The Morgan fingerprint density at radius 1 is 0.833 bits per heavy atom. The molecule has 0 saturated carbocycles. The Labute approximate surface area is 289 Å². The van der Waals surface area contributed by atoms with Gasteiger partial charge in [-0.25, -0.2) is 4.98 Å². The summed E-state index contributed by atoms with van der Waals surface area (Å²) in [7, 11) is 5.58. The summed E-state index contributed by atoms with van der Waals surface area (Å²) in [6, 6.07) is 25.0. The molecule has 2 aliphatic heterocycles. The Kier molecular flexibility index (Phi) is 8.84.